The summed E-state index contributed by atoms with van der Waals surface area (Å²) in [5, 5.41) is 11.9. The van der Waals surface area contributed by atoms with Crippen molar-refractivity contribution in [3.8, 4) is 6.07 Å². The Bertz CT molecular complexity index is 511. The molecule has 94 valence electrons. The summed E-state index contributed by atoms with van der Waals surface area (Å²) in [4.78, 5) is 17.8. The molecule has 1 aromatic heterocycles. The number of nitrogens with one attached hydrogen (secondary N) is 1. The maximum absolute atomic E-state index is 11.8. The number of nitriles is 1. The van der Waals surface area contributed by atoms with E-state index in [0.717, 1.165) is 19.4 Å². The van der Waals surface area contributed by atoms with Crippen LogP contribution in [0.15, 0.2) is 12.3 Å². The Morgan fingerprint density at radius 3 is 3.17 bits per heavy atom. The average molecular weight is 265 g/mol. The Hall–Kier alpha value is -1.80. The van der Waals surface area contributed by atoms with Crippen LogP contribution in [0.1, 0.15) is 18.4 Å². The molecule has 0 spiro atoms. The molecular formula is C12H13ClN4O. The highest BCUT2D eigenvalue weighted by molar-refractivity contribution is 6.34. The van der Waals surface area contributed by atoms with E-state index in [4.69, 9.17) is 16.9 Å². The lowest BCUT2D eigenvalue weighted by Crippen LogP contribution is -2.42. The van der Waals surface area contributed by atoms with Crippen LogP contribution < -0.4 is 10.2 Å². The van der Waals surface area contributed by atoms with Gasteiger partial charge in [0.1, 0.15) is 23.0 Å². The molecule has 0 aliphatic carbocycles. The normalized spacial score (nSPS) is 18.5. The highest BCUT2D eigenvalue weighted by Crippen LogP contribution is 2.31. The number of anilines is 1. The molecule has 5 nitrogen and oxygen atoms in total. The third kappa shape index (κ3) is 2.12. The molecule has 1 amide bonds. The minimum atomic E-state index is -0.256. The van der Waals surface area contributed by atoms with Crippen molar-refractivity contribution < 1.29 is 4.79 Å². The van der Waals surface area contributed by atoms with Crippen molar-refractivity contribution in [3.63, 3.8) is 0 Å². The molecule has 0 saturated carbocycles. The quantitative estimate of drug-likeness (QED) is 0.875. The maximum Gasteiger partial charge on any atom is 0.242 e. The highest BCUT2D eigenvalue weighted by Gasteiger charge is 2.32. The second-order valence-corrected chi connectivity index (χ2v) is 4.45. The summed E-state index contributed by atoms with van der Waals surface area (Å²) in [6, 6.07) is 3.33. The van der Waals surface area contributed by atoms with E-state index in [2.05, 4.69) is 10.3 Å². The molecule has 0 aromatic carbocycles. The van der Waals surface area contributed by atoms with Gasteiger partial charge >= 0.3 is 0 Å². The number of nitrogens with zero attached hydrogens (tertiary/aromatic N) is 3. The molecule has 2 rings (SSSR count). The zero-order valence-electron chi connectivity index (χ0n) is 9.98. The number of aromatic nitrogens is 1. The number of pyridine rings is 1. The molecule has 1 atom stereocenters. The van der Waals surface area contributed by atoms with Crippen LogP contribution in [-0.2, 0) is 4.79 Å². The Kier molecular flexibility index (Phi) is 3.68. The van der Waals surface area contributed by atoms with E-state index in [0.29, 0.717) is 16.4 Å². The van der Waals surface area contributed by atoms with Crippen LogP contribution in [-0.4, -0.2) is 30.5 Å². The Morgan fingerprint density at radius 2 is 2.50 bits per heavy atom. The van der Waals surface area contributed by atoms with Crippen molar-refractivity contribution in [2.45, 2.75) is 18.9 Å². The number of hydrogen-bond donors (Lipinski definition) is 1. The van der Waals surface area contributed by atoms with Crippen LogP contribution in [0.4, 0.5) is 5.82 Å². The van der Waals surface area contributed by atoms with Crippen molar-refractivity contribution >= 4 is 23.3 Å². The second-order valence-electron chi connectivity index (χ2n) is 4.07. The van der Waals surface area contributed by atoms with Crippen molar-refractivity contribution in [3.05, 3.63) is 22.8 Å². The van der Waals surface area contributed by atoms with Gasteiger partial charge in [-0.2, -0.15) is 5.26 Å². The lowest BCUT2D eigenvalue weighted by atomic mass is 10.2. The van der Waals surface area contributed by atoms with E-state index in [9.17, 15) is 4.79 Å². The molecule has 1 saturated heterocycles. The molecule has 2 heterocycles. The summed E-state index contributed by atoms with van der Waals surface area (Å²) in [6.07, 6.45) is 3.22. The predicted molar refractivity (Wildman–Crippen MR) is 68.4 cm³/mol. The smallest absolute Gasteiger partial charge is 0.242 e. The molecule has 0 bridgehead atoms. The largest absolute Gasteiger partial charge is 0.357 e. The number of carbonyl (C=O) groups excluding carboxylic acids is 1. The fraction of sp³-hybridized carbons (Fsp3) is 0.417. The van der Waals surface area contributed by atoms with Crippen LogP contribution in [0.3, 0.4) is 0 Å². The van der Waals surface area contributed by atoms with E-state index < -0.39 is 0 Å². The standard InChI is InChI=1S/C12H13ClN4O/c1-15-12(18)9-3-2-6-17(9)11-10(13)8(7-14)4-5-16-11/h4-5,9H,2-3,6H2,1H3,(H,15,18). The van der Waals surface area contributed by atoms with Crippen LogP contribution in [0, 0.1) is 11.3 Å². The van der Waals surface area contributed by atoms with Crippen LogP contribution in [0.2, 0.25) is 5.02 Å². The van der Waals surface area contributed by atoms with Crippen LogP contribution >= 0.6 is 11.6 Å². The first-order chi connectivity index (χ1) is 8.69. The van der Waals surface area contributed by atoms with Gasteiger partial charge in [-0.25, -0.2) is 4.98 Å². The van der Waals surface area contributed by atoms with Crippen molar-refractivity contribution in [1.29, 1.82) is 5.26 Å². The second kappa shape index (κ2) is 5.23. The first-order valence-corrected chi connectivity index (χ1v) is 6.09. The van der Waals surface area contributed by atoms with Gasteiger partial charge in [-0.1, -0.05) is 11.6 Å². The number of halogens is 1. The molecule has 18 heavy (non-hydrogen) atoms. The lowest BCUT2D eigenvalue weighted by molar-refractivity contribution is -0.121. The first-order valence-electron chi connectivity index (χ1n) is 5.72. The molecule has 0 radical (unpaired) electrons. The lowest BCUT2D eigenvalue weighted by Gasteiger charge is -2.25. The van der Waals surface area contributed by atoms with Crippen LogP contribution in [0.25, 0.3) is 0 Å². The fourth-order valence-electron chi connectivity index (χ4n) is 2.18. The van der Waals surface area contributed by atoms with E-state index in [-0.39, 0.29) is 11.9 Å². The van der Waals surface area contributed by atoms with Gasteiger partial charge in [-0.15, -0.1) is 0 Å². The number of likely N-dealkylation sites (N-methyl/N-ethyl adjacent to an activating group) is 1. The minimum Gasteiger partial charge on any atom is -0.357 e. The summed E-state index contributed by atoms with van der Waals surface area (Å²) in [5.74, 6) is 0.467. The van der Waals surface area contributed by atoms with Gasteiger partial charge in [-0.05, 0) is 18.9 Å². The molecule has 1 N–H and O–H groups in total. The third-order valence-corrected chi connectivity index (χ3v) is 3.44. The van der Waals surface area contributed by atoms with E-state index in [1.807, 2.05) is 11.0 Å². The monoisotopic (exact) mass is 264 g/mol. The average Bonchev–Trinajstić information content (AvgIpc) is 2.87. The molecule has 1 aromatic rings. The van der Waals surface area contributed by atoms with E-state index in [1.54, 1.807) is 19.3 Å². The first kappa shape index (κ1) is 12.7. The summed E-state index contributed by atoms with van der Waals surface area (Å²) < 4.78 is 0. The van der Waals surface area contributed by atoms with Crippen molar-refractivity contribution in [2.24, 2.45) is 0 Å². The zero-order chi connectivity index (χ0) is 13.1. The number of amides is 1. The molecule has 1 aliphatic heterocycles. The van der Waals surface area contributed by atoms with Crippen LogP contribution in [0.5, 0.6) is 0 Å². The van der Waals surface area contributed by atoms with E-state index >= 15 is 0 Å². The van der Waals surface area contributed by atoms with Gasteiger partial charge in [0.2, 0.25) is 5.91 Å². The summed E-state index contributed by atoms with van der Waals surface area (Å²) in [5.41, 5.74) is 0.379. The number of rotatable bonds is 2. The Balaban J connectivity index is 2.37. The SMILES string of the molecule is CNC(=O)C1CCCN1c1nccc(C#N)c1Cl. The molecular weight excluding hydrogens is 252 g/mol. The third-order valence-electron chi connectivity index (χ3n) is 3.07. The van der Waals surface area contributed by atoms with Gasteiger partial charge in [0.05, 0.1) is 5.56 Å². The minimum absolute atomic E-state index is 0.0484. The molecule has 6 heteroatoms. The topological polar surface area (TPSA) is 69.0 Å². The maximum atomic E-state index is 11.8. The van der Waals surface area contributed by atoms with Gasteiger partial charge in [-0.3, -0.25) is 4.79 Å². The predicted octanol–water partition coefficient (Wildman–Crippen LogP) is 1.32. The molecule has 1 unspecified atom stereocenters. The summed E-state index contributed by atoms with van der Waals surface area (Å²) in [6.45, 7) is 0.722. The van der Waals surface area contributed by atoms with Crippen molar-refractivity contribution in [1.82, 2.24) is 10.3 Å². The fourth-order valence-corrected chi connectivity index (χ4v) is 2.44. The summed E-state index contributed by atoms with van der Waals surface area (Å²) in [7, 11) is 1.61. The van der Waals surface area contributed by atoms with Gasteiger partial charge in [0.25, 0.3) is 0 Å². The van der Waals surface area contributed by atoms with Gasteiger partial charge < -0.3 is 10.2 Å². The Labute approximate surface area is 110 Å². The highest BCUT2D eigenvalue weighted by atomic mass is 35.5. The van der Waals surface area contributed by atoms with E-state index in [1.165, 1.54) is 0 Å². The number of hydrogen-bond acceptors (Lipinski definition) is 4. The van der Waals surface area contributed by atoms with Crippen molar-refractivity contribution in [2.75, 3.05) is 18.5 Å². The Morgan fingerprint density at radius 1 is 1.72 bits per heavy atom. The molecule has 1 aliphatic rings. The summed E-state index contributed by atoms with van der Waals surface area (Å²) >= 11 is 6.14. The zero-order valence-corrected chi connectivity index (χ0v) is 10.7. The van der Waals surface area contributed by atoms with Gasteiger partial charge in [0.15, 0.2) is 0 Å². The molecule has 1 fully saturated rings. The number of carbonyl (C=O) groups is 1. The van der Waals surface area contributed by atoms with Gasteiger partial charge in [0, 0.05) is 19.8 Å².